The van der Waals surface area contributed by atoms with Crippen LogP contribution in [0.1, 0.15) is 53.8 Å². The average Bonchev–Trinajstić information content (AvgIpc) is 3.39. The summed E-state index contributed by atoms with van der Waals surface area (Å²) >= 11 is 0. The molecule has 11 heteroatoms. The maximum absolute atomic E-state index is 12.8. The van der Waals surface area contributed by atoms with Gasteiger partial charge in [0, 0.05) is 37.4 Å². The number of methoxy groups -OCH3 is 2. The Balaban J connectivity index is 1.36. The highest BCUT2D eigenvalue weighted by atomic mass is 16.5. The molecule has 1 saturated carbocycles. The lowest BCUT2D eigenvalue weighted by molar-refractivity contribution is -0.123. The highest BCUT2D eigenvalue weighted by molar-refractivity contribution is 5.93. The summed E-state index contributed by atoms with van der Waals surface area (Å²) in [5, 5.41) is 19.1. The minimum absolute atomic E-state index is 0.0232. The Hall–Kier alpha value is -3.86. The number of rotatable bonds is 11. The zero-order chi connectivity index (χ0) is 26.9. The van der Waals surface area contributed by atoms with E-state index in [1.807, 2.05) is 37.3 Å². The molecule has 38 heavy (non-hydrogen) atoms. The maximum atomic E-state index is 12.8. The lowest BCUT2D eigenvalue weighted by atomic mass is 9.85. The third-order valence-electron chi connectivity index (χ3n) is 6.59. The summed E-state index contributed by atoms with van der Waals surface area (Å²) in [4.78, 5) is 30.9. The van der Waals surface area contributed by atoms with Gasteiger partial charge in [0.05, 0.1) is 20.3 Å². The molecule has 2 amide bonds. The van der Waals surface area contributed by atoms with Crippen molar-refractivity contribution in [3.05, 3.63) is 53.3 Å². The summed E-state index contributed by atoms with van der Waals surface area (Å²) < 4.78 is 10.2. The SMILES string of the molecule is COCCC(=O)N[C@@H]1CCC[C@H](Cn2nnc(-c3cc(C)nc(C(=O)NCc4cccc(OC)c4)c3)n2)C1. The third-order valence-corrected chi connectivity index (χ3v) is 6.59. The number of benzene rings is 1. The predicted molar refractivity (Wildman–Crippen MR) is 140 cm³/mol. The number of aromatic nitrogens is 5. The number of aryl methyl sites for hydroxylation is 1. The molecule has 11 nitrogen and oxygen atoms in total. The molecule has 1 aliphatic rings. The molecule has 2 heterocycles. The molecule has 2 atom stereocenters. The Bertz CT molecular complexity index is 1250. The van der Waals surface area contributed by atoms with Crippen LogP contribution in [0.4, 0.5) is 0 Å². The number of amides is 2. The van der Waals surface area contributed by atoms with Crippen molar-refractivity contribution < 1.29 is 19.1 Å². The fourth-order valence-corrected chi connectivity index (χ4v) is 4.72. The van der Waals surface area contributed by atoms with Gasteiger partial charge in [-0.2, -0.15) is 4.80 Å². The van der Waals surface area contributed by atoms with Gasteiger partial charge in [0.15, 0.2) is 0 Å². The molecular weight excluding hydrogens is 486 g/mol. The van der Waals surface area contributed by atoms with Gasteiger partial charge in [-0.15, -0.1) is 10.2 Å². The molecular formula is C27H35N7O4. The number of ether oxygens (including phenoxy) is 2. The Morgan fingerprint density at radius 3 is 2.84 bits per heavy atom. The van der Waals surface area contributed by atoms with E-state index in [4.69, 9.17) is 9.47 Å². The number of hydrogen-bond acceptors (Lipinski definition) is 8. The standard InChI is InChI=1S/C27H35N7O4/c1-18-12-21(15-24(29-18)27(36)28-16-19-6-5-9-23(14-19)38-3)26-31-33-34(32-26)17-20-7-4-8-22(13-20)30-25(35)10-11-37-2/h5-6,9,12,14-15,20,22H,4,7-8,10-11,13,16-17H2,1-3H3,(H,28,36)(H,30,35)/t20-,22+/m0/s1. The van der Waals surface area contributed by atoms with E-state index in [-0.39, 0.29) is 17.9 Å². The highest BCUT2D eigenvalue weighted by Gasteiger charge is 2.24. The van der Waals surface area contributed by atoms with Crippen LogP contribution in [0.2, 0.25) is 0 Å². The van der Waals surface area contributed by atoms with Gasteiger partial charge in [-0.1, -0.05) is 18.6 Å². The summed E-state index contributed by atoms with van der Waals surface area (Å²) in [7, 11) is 3.20. The van der Waals surface area contributed by atoms with Gasteiger partial charge >= 0.3 is 0 Å². The van der Waals surface area contributed by atoms with E-state index in [1.165, 1.54) is 0 Å². The van der Waals surface area contributed by atoms with Crippen LogP contribution in [-0.4, -0.2) is 63.9 Å². The number of carbonyl (C=O) groups is 2. The van der Waals surface area contributed by atoms with Crippen molar-refractivity contribution in [1.82, 2.24) is 35.8 Å². The molecule has 1 fully saturated rings. The van der Waals surface area contributed by atoms with Crippen molar-refractivity contribution in [2.45, 2.75) is 58.2 Å². The van der Waals surface area contributed by atoms with Gasteiger partial charge in [0.1, 0.15) is 11.4 Å². The smallest absolute Gasteiger partial charge is 0.270 e. The van der Waals surface area contributed by atoms with Crippen molar-refractivity contribution in [2.24, 2.45) is 5.92 Å². The normalized spacial score (nSPS) is 17.1. The van der Waals surface area contributed by atoms with E-state index in [1.54, 1.807) is 25.1 Å². The molecule has 4 rings (SSSR count). The summed E-state index contributed by atoms with van der Waals surface area (Å²) in [5.41, 5.74) is 2.58. The topological polar surface area (TPSA) is 133 Å². The van der Waals surface area contributed by atoms with Crippen LogP contribution in [0.25, 0.3) is 11.4 Å². The maximum Gasteiger partial charge on any atom is 0.270 e. The molecule has 2 aromatic heterocycles. The van der Waals surface area contributed by atoms with Crippen molar-refractivity contribution in [1.29, 1.82) is 0 Å². The monoisotopic (exact) mass is 521 g/mol. The molecule has 3 aromatic rings. The summed E-state index contributed by atoms with van der Waals surface area (Å²) in [6.07, 6.45) is 4.32. The summed E-state index contributed by atoms with van der Waals surface area (Å²) in [5.74, 6) is 1.26. The second-order valence-corrected chi connectivity index (χ2v) is 9.62. The van der Waals surface area contributed by atoms with Crippen LogP contribution < -0.4 is 15.4 Å². The quantitative estimate of drug-likeness (QED) is 0.394. The van der Waals surface area contributed by atoms with Gasteiger partial charge in [0.25, 0.3) is 5.91 Å². The van der Waals surface area contributed by atoms with Gasteiger partial charge in [0.2, 0.25) is 11.7 Å². The largest absolute Gasteiger partial charge is 0.497 e. The first-order valence-electron chi connectivity index (χ1n) is 12.9. The fraction of sp³-hybridized carbons (Fsp3) is 0.481. The summed E-state index contributed by atoms with van der Waals surface area (Å²) in [6, 6.07) is 11.2. The Morgan fingerprint density at radius 2 is 2.03 bits per heavy atom. The number of carbonyl (C=O) groups excluding carboxylic acids is 2. The first kappa shape index (κ1) is 27.2. The average molecular weight is 522 g/mol. The molecule has 1 aromatic carbocycles. The van der Waals surface area contributed by atoms with Gasteiger partial charge in [-0.05, 0) is 67.1 Å². The molecule has 0 unspecified atom stereocenters. The number of nitrogens with one attached hydrogen (secondary N) is 2. The molecule has 0 radical (unpaired) electrons. The van der Waals surface area contributed by atoms with Crippen LogP contribution in [0.3, 0.4) is 0 Å². The van der Waals surface area contributed by atoms with E-state index < -0.39 is 0 Å². The minimum Gasteiger partial charge on any atom is -0.497 e. The molecule has 0 bridgehead atoms. The third kappa shape index (κ3) is 7.58. The zero-order valence-corrected chi connectivity index (χ0v) is 22.1. The molecule has 0 spiro atoms. The highest BCUT2D eigenvalue weighted by Crippen LogP contribution is 2.26. The van der Waals surface area contributed by atoms with E-state index >= 15 is 0 Å². The number of nitrogens with zero attached hydrogens (tertiary/aromatic N) is 5. The number of hydrogen-bond donors (Lipinski definition) is 2. The first-order valence-corrected chi connectivity index (χ1v) is 12.9. The predicted octanol–water partition coefficient (Wildman–Crippen LogP) is 2.69. The van der Waals surface area contributed by atoms with Crippen LogP contribution >= 0.6 is 0 Å². The molecule has 0 aliphatic heterocycles. The molecule has 202 valence electrons. The van der Waals surface area contributed by atoms with Crippen LogP contribution in [0.5, 0.6) is 5.75 Å². The van der Waals surface area contributed by atoms with Crippen molar-refractivity contribution >= 4 is 11.8 Å². The van der Waals surface area contributed by atoms with Crippen LogP contribution in [0.15, 0.2) is 36.4 Å². The zero-order valence-electron chi connectivity index (χ0n) is 22.1. The second kappa shape index (κ2) is 13.1. The van der Waals surface area contributed by atoms with E-state index in [2.05, 4.69) is 31.0 Å². The lowest BCUT2D eigenvalue weighted by Crippen LogP contribution is -2.39. The Kier molecular flexibility index (Phi) is 9.36. The number of tetrazole rings is 1. The Morgan fingerprint density at radius 1 is 1.16 bits per heavy atom. The van der Waals surface area contributed by atoms with Crippen molar-refractivity contribution in [3.8, 4) is 17.1 Å². The lowest BCUT2D eigenvalue weighted by Gasteiger charge is -2.29. The second-order valence-electron chi connectivity index (χ2n) is 9.62. The van der Waals surface area contributed by atoms with E-state index in [0.717, 1.165) is 37.0 Å². The molecule has 2 N–H and O–H groups in total. The van der Waals surface area contributed by atoms with Gasteiger partial charge in [-0.25, -0.2) is 4.98 Å². The van der Waals surface area contributed by atoms with Crippen LogP contribution in [0, 0.1) is 12.8 Å². The molecule has 0 saturated heterocycles. The number of pyridine rings is 1. The van der Waals surface area contributed by atoms with Gasteiger partial charge < -0.3 is 20.1 Å². The fourth-order valence-electron chi connectivity index (χ4n) is 4.72. The van der Waals surface area contributed by atoms with Crippen LogP contribution in [-0.2, 0) is 22.6 Å². The van der Waals surface area contributed by atoms with Gasteiger partial charge in [-0.3, -0.25) is 9.59 Å². The minimum atomic E-state index is -0.286. The van der Waals surface area contributed by atoms with Crippen molar-refractivity contribution in [2.75, 3.05) is 20.8 Å². The van der Waals surface area contributed by atoms with Crippen molar-refractivity contribution in [3.63, 3.8) is 0 Å². The Labute approximate surface area is 222 Å². The van der Waals surface area contributed by atoms with E-state index in [9.17, 15) is 9.59 Å². The van der Waals surface area contributed by atoms with E-state index in [0.29, 0.717) is 54.8 Å². The molecule has 1 aliphatic carbocycles. The summed E-state index contributed by atoms with van der Waals surface area (Å²) in [6.45, 7) is 3.23. The first-order chi connectivity index (χ1) is 18.4.